The van der Waals surface area contributed by atoms with Gasteiger partial charge in [-0.2, -0.15) is 0 Å². The summed E-state index contributed by atoms with van der Waals surface area (Å²) in [6, 6.07) is 1.17. The van der Waals surface area contributed by atoms with Crippen LogP contribution in [0.2, 0.25) is 5.15 Å². The van der Waals surface area contributed by atoms with E-state index in [4.69, 9.17) is 11.6 Å². The average molecular weight is 258 g/mol. The summed E-state index contributed by atoms with van der Waals surface area (Å²) in [5.41, 5.74) is -0.952. The van der Waals surface area contributed by atoms with Gasteiger partial charge in [0.05, 0.1) is 6.54 Å². The zero-order valence-corrected chi connectivity index (χ0v) is 9.93. The first-order valence-electron chi connectivity index (χ1n) is 4.47. The van der Waals surface area contributed by atoms with Crippen molar-refractivity contribution in [2.75, 3.05) is 0 Å². The SMILES string of the molecule is Cc1cnc(Cn2c(=O)cc(Cl)[nH]c2=O)s1. The Morgan fingerprint density at radius 1 is 1.56 bits per heavy atom. The van der Waals surface area contributed by atoms with Crippen LogP contribution in [0.15, 0.2) is 21.9 Å². The number of nitrogens with one attached hydrogen (secondary N) is 1. The van der Waals surface area contributed by atoms with Crippen molar-refractivity contribution in [2.24, 2.45) is 0 Å². The van der Waals surface area contributed by atoms with Gasteiger partial charge in [0.2, 0.25) is 0 Å². The van der Waals surface area contributed by atoms with E-state index in [2.05, 4.69) is 9.97 Å². The second kappa shape index (κ2) is 4.23. The number of thiazole rings is 1. The van der Waals surface area contributed by atoms with Gasteiger partial charge in [-0.05, 0) is 6.92 Å². The van der Waals surface area contributed by atoms with E-state index < -0.39 is 11.2 Å². The molecular formula is C9H8ClN3O2S. The van der Waals surface area contributed by atoms with Crippen LogP contribution in [0.25, 0.3) is 0 Å². The van der Waals surface area contributed by atoms with Crippen LogP contribution in [0, 0.1) is 6.92 Å². The smallest absolute Gasteiger partial charge is 0.298 e. The Labute approximate surface area is 99.4 Å². The molecule has 0 aliphatic heterocycles. The number of aryl methyl sites for hydroxylation is 1. The van der Waals surface area contributed by atoms with Crippen LogP contribution in [0.3, 0.4) is 0 Å². The standard InChI is InChI=1S/C9H8ClN3O2S/c1-5-3-11-7(16-5)4-13-8(14)2-6(10)12-9(13)15/h2-3H,4H2,1H3,(H,12,15). The summed E-state index contributed by atoms with van der Waals surface area (Å²) in [4.78, 5) is 30.5. The van der Waals surface area contributed by atoms with Gasteiger partial charge in [0.25, 0.3) is 5.56 Å². The molecule has 0 fully saturated rings. The van der Waals surface area contributed by atoms with Gasteiger partial charge in [0.15, 0.2) is 0 Å². The Balaban J connectivity index is 2.43. The van der Waals surface area contributed by atoms with Crippen LogP contribution in [0.5, 0.6) is 0 Å². The van der Waals surface area contributed by atoms with Crippen LogP contribution in [-0.2, 0) is 6.54 Å². The van der Waals surface area contributed by atoms with E-state index in [-0.39, 0.29) is 11.7 Å². The van der Waals surface area contributed by atoms with Crippen molar-refractivity contribution in [1.82, 2.24) is 14.5 Å². The molecule has 1 N–H and O–H groups in total. The maximum Gasteiger partial charge on any atom is 0.329 e. The molecule has 0 aromatic carbocycles. The van der Waals surface area contributed by atoms with Crippen LogP contribution in [0.1, 0.15) is 9.88 Å². The molecule has 0 amide bonds. The highest BCUT2D eigenvalue weighted by atomic mass is 35.5. The normalized spacial score (nSPS) is 10.6. The third-order valence-corrected chi connectivity index (χ3v) is 3.05. The number of rotatable bonds is 2. The molecule has 2 heterocycles. The molecule has 2 rings (SSSR count). The lowest BCUT2D eigenvalue weighted by Gasteiger charge is -2.00. The van der Waals surface area contributed by atoms with Crippen molar-refractivity contribution < 1.29 is 0 Å². The number of nitrogens with zero attached hydrogens (tertiary/aromatic N) is 2. The molecule has 0 bridgehead atoms. The first kappa shape index (κ1) is 11.1. The molecule has 84 valence electrons. The second-order valence-corrected chi connectivity index (χ2v) is 4.94. The summed E-state index contributed by atoms with van der Waals surface area (Å²) in [7, 11) is 0. The third kappa shape index (κ3) is 2.23. The Morgan fingerprint density at radius 3 is 2.88 bits per heavy atom. The van der Waals surface area contributed by atoms with Crippen molar-refractivity contribution >= 4 is 22.9 Å². The van der Waals surface area contributed by atoms with E-state index in [1.54, 1.807) is 6.20 Å². The third-order valence-electron chi connectivity index (χ3n) is 1.95. The monoisotopic (exact) mass is 257 g/mol. The fourth-order valence-electron chi connectivity index (χ4n) is 1.25. The molecule has 0 spiro atoms. The summed E-state index contributed by atoms with van der Waals surface area (Å²) >= 11 is 6.99. The molecule has 0 saturated carbocycles. The van der Waals surface area contributed by atoms with E-state index in [1.807, 2.05) is 6.92 Å². The zero-order chi connectivity index (χ0) is 11.7. The Morgan fingerprint density at radius 2 is 2.31 bits per heavy atom. The van der Waals surface area contributed by atoms with Gasteiger partial charge in [0.1, 0.15) is 10.2 Å². The molecular weight excluding hydrogens is 250 g/mol. The fraction of sp³-hybridized carbons (Fsp3) is 0.222. The predicted octanol–water partition coefficient (Wildman–Crippen LogP) is 1.00. The van der Waals surface area contributed by atoms with Crippen LogP contribution in [0.4, 0.5) is 0 Å². The highest BCUT2D eigenvalue weighted by Gasteiger charge is 2.06. The zero-order valence-electron chi connectivity index (χ0n) is 8.36. The summed E-state index contributed by atoms with van der Waals surface area (Å²) in [6.45, 7) is 2.08. The fourth-order valence-corrected chi connectivity index (χ4v) is 2.20. The number of aromatic nitrogens is 3. The topological polar surface area (TPSA) is 67.8 Å². The number of H-pyrrole nitrogens is 1. The Hall–Kier alpha value is -1.40. The number of hydrogen-bond acceptors (Lipinski definition) is 4. The number of halogens is 1. The highest BCUT2D eigenvalue weighted by Crippen LogP contribution is 2.11. The minimum Gasteiger partial charge on any atom is -0.298 e. The van der Waals surface area contributed by atoms with E-state index in [1.165, 1.54) is 17.4 Å². The first-order valence-corrected chi connectivity index (χ1v) is 5.66. The van der Waals surface area contributed by atoms with Gasteiger partial charge in [-0.15, -0.1) is 11.3 Å². The molecule has 0 aliphatic carbocycles. The van der Waals surface area contributed by atoms with E-state index in [0.717, 1.165) is 9.44 Å². The summed E-state index contributed by atoms with van der Waals surface area (Å²) in [6.07, 6.45) is 1.70. The lowest BCUT2D eigenvalue weighted by Crippen LogP contribution is -2.34. The molecule has 0 radical (unpaired) electrons. The molecule has 5 nitrogen and oxygen atoms in total. The number of aromatic amines is 1. The predicted molar refractivity (Wildman–Crippen MR) is 62.3 cm³/mol. The van der Waals surface area contributed by atoms with Gasteiger partial charge < -0.3 is 0 Å². The molecule has 2 aromatic rings. The van der Waals surface area contributed by atoms with Gasteiger partial charge >= 0.3 is 5.69 Å². The molecule has 2 aromatic heterocycles. The van der Waals surface area contributed by atoms with Crippen LogP contribution < -0.4 is 11.2 Å². The number of hydrogen-bond donors (Lipinski definition) is 1. The molecule has 0 atom stereocenters. The minimum atomic E-state index is -0.523. The first-order chi connectivity index (χ1) is 7.56. The van der Waals surface area contributed by atoms with Crippen LogP contribution in [-0.4, -0.2) is 14.5 Å². The molecule has 16 heavy (non-hydrogen) atoms. The van der Waals surface area contributed by atoms with Gasteiger partial charge in [-0.25, -0.2) is 9.78 Å². The highest BCUT2D eigenvalue weighted by molar-refractivity contribution is 7.11. The van der Waals surface area contributed by atoms with E-state index in [9.17, 15) is 9.59 Å². The minimum absolute atomic E-state index is 0.0431. The van der Waals surface area contributed by atoms with E-state index in [0.29, 0.717) is 5.01 Å². The molecule has 0 unspecified atom stereocenters. The summed E-state index contributed by atoms with van der Waals surface area (Å²) in [5, 5.41) is 0.758. The lowest BCUT2D eigenvalue weighted by molar-refractivity contribution is 0.695. The quantitative estimate of drug-likeness (QED) is 0.817. The van der Waals surface area contributed by atoms with Crippen molar-refractivity contribution in [2.45, 2.75) is 13.5 Å². The summed E-state index contributed by atoms with van der Waals surface area (Å²) < 4.78 is 1.06. The van der Waals surface area contributed by atoms with Crippen molar-refractivity contribution in [1.29, 1.82) is 0 Å². The maximum atomic E-state index is 11.5. The summed E-state index contributed by atoms with van der Waals surface area (Å²) in [5.74, 6) is 0. The lowest BCUT2D eigenvalue weighted by atomic mass is 10.5. The molecule has 0 saturated heterocycles. The Bertz CT molecular complexity index is 597. The van der Waals surface area contributed by atoms with Crippen molar-refractivity contribution in [3.8, 4) is 0 Å². The van der Waals surface area contributed by atoms with Gasteiger partial charge in [-0.1, -0.05) is 11.6 Å². The van der Waals surface area contributed by atoms with Gasteiger partial charge in [-0.3, -0.25) is 14.3 Å². The largest absolute Gasteiger partial charge is 0.329 e. The van der Waals surface area contributed by atoms with Crippen LogP contribution >= 0.6 is 22.9 Å². The maximum absolute atomic E-state index is 11.5. The van der Waals surface area contributed by atoms with Crippen molar-refractivity contribution in [3.05, 3.63) is 48.1 Å². The Kier molecular flexibility index (Phi) is 2.93. The van der Waals surface area contributed by atoms with Crippen molar-refractivity contribution in [3.63, 3.8) is 0 Å². The van der Waals surface area contributed by atoms with Gasteiger partial charge in [0, 0.05) is 17.1 Å². The second-order valence-electron chi connectivity index (χ2n) is 3.21. The average Bonchev–Trinajstić information content (AvgIpc) is 2.58. The molecule has 0 aliphatic rings. The van der Waals surface area contributed by atoms with E-state index >= 15 is 0 Å². The molecule has 7 heteroatoms.